The van der Waals surface area contributed by atoms with Crippen LogP contribution in [0.25, 0.3) is 0 Å². The molecule has 1 atom stereocenters. The third-order valence-corrected chi connectivity index (χ3v) is 2.15. The maximum Gasteiger partial charge on any atom is 0.237 e. The predicted octanol–water partition coefficient (Wildman–Crippen LogP) is 1.17. The molecule has 16 heavy (non-hydrogen) atoms. The molecule has 0 amide bonds. The summed E-state index contributed by atoms with van der Waals surface area (Å²) in [5, 5.41) is 3.30. The summed E-state index contributed by atoms with van der Waals surface area (Å²) in [6, 6.07) is 0.0219. The van der Waals surface area contributed by atoms with Crippen LogP contribution in [-0.2, 0) is 4.74 Å². The third kappa shape index (κ3) is 3.43. The fraction of sp³-hybridized carbons (Fsp3) is 0.636. The summed E-state index contributed by atoms with van der Waals surface area (Å²) in [6.45, 7) is 6.11. The number of nitrogens with one attached hydrogen (secondary N) is 1. The lowest BCUT2D eigenvalue weighted by molar-refractivity contribution is 0.121. The quantitative estimate of drug-likeness (QED) is 0.755. The van der Waals surface area contributed by atoms with Gasteiger partial charge in [0, 0.05) is 19.0 Å². The van der Waals surface area contributed by atoms with Gasteiger partial charge in [0.15, 0.2) is 0 Å². The van der Waals surface area contributed by atoms with Gasteiger partial charge in [0.25, 0.3) is 0 Å². The standard InChI is InChI=1S/C11H19N3O2/c1-4-12-9(8-16-5-2)10-11(15-3)14-7-6-13-10/h6-7,9,12H,4-5,8H2,1-3H3. The third-order valence-electron chi connectivity index (χ3n) is 2.15. The molecule has 0 aliphatic heterocycles. The van der Waals surface area contributed by atoms with Gasteiger partial charge in [-0.05, 0) is 13.5 Å². The van der Waals surface area contributed by atoms with E-state index < -0.39 is 0 Å². The highest BCUT2D eigenvalue weighted by atomic mass is 16.5. The van der Waals surface area contributed by atoms with E-state index in [1.54, 1.807) is 19.5 Å². The minimum Gasteiger partial charge on any atom is -0.480 e. The van der Waals surface area contributed by atoms with Crippen molar-refractivity contribution in [1.29, 1.82) is 0 Å². The molecule has 5 heteroatoms. The molecule has 0 aliphatic rings. The second-order valence-electron chi connectivity index (χ2n) is 3.22. The zero-order valence-corrected chi connectivity index (χ0v) is 10.1. The van der Waals surface area contributed by atoms with Crippen LogP contribution in [0.1, 0.15) is 25.6 Å². The summed E-state index contributed by atoms with van der Waals surface area (Å²) in [7, 11) is 1.59. The van der Waals surface area contributed by atoms with Gasteiger partial charge in [0.1, 0.15) is 5.69 Å². The van der Waals surface area contributed by atoms with E-state index >= 15 is 0 Å². The monoisotopic (exact) mass is 225 g/mol. The van der Waals surface area contributed by atoms with Crippen molar-refractivity contribution in [1.82, 2.24) is 15.3 Å². The Morgan fingerprint density at radius 3 is 2.69 bits per heavy atom. The van der Waals surface area contributed by atoms with E-state index in [-0.39, 0.29) is 6.04 Å². The molecule has 1 aromatic rings. The Hall–Kier alpha value is -1.20. The molecule has 0 aliphatic carbocycles. The van der Waals surface area contributed by atoms with Gasteiger partial charge in [0.05, 0.1) is 19.8 Å². The van der Waals surface area contributed by atoms with E-state index in [9.17, 15) is 0 Å². The van der Waals surface area contributed by atoms with Crippen LogP contribution in [-0.4, -0.2) is 36.8 Å². The number of aromatic nitrogens is 2. The van der Waals surface area contributed by atoms with Crippen LogP contribution in [0.4, 0.5) is 0 Å². The van der Waals surface area contributed by atoms with E-state index in [0.717, 1.165) is 12.2 Å². The molecule has 5 nitrogen and oxygen atoms in total. The molecular weight excluding hydrogens is 206 g/mol. The lowest BCUT2D eigenvalue weighted by Crippen LogP contribution is -2.27. The maximum atomic E-state index is 5.42. The molecule has 90 valence electrons. The number of hydrogen-bond acceptors (Lipinski definition) is 5. The number of likely N-dealkylation sites (N-methyl/N-ethyl adjacent to an activating group) is 1. The number of ether oxygens (including phenoxy) is 2. The van der Waals surface area contributed by atoms with Crippen molar-refractivity contribution in [3.05, 3.63) is 18.1 Å². The Bertz CT molecular complexity index is 307. The summed E-state index contributed by atoms with van der Waals surface area (Å²) < 4.78 is 10.6. The Kier molecular flexibility index (Phi) is 5.74. The highest BCUT2D eigenvalue weighted by Crippen LogP contribution is 2.19. The zero-order chi connectivity index (χ0) is 11.8. The zero-order valence-electron chi connectivity index (χ0n) is 10.1. The Balaban J connectivity index is 2.81. The van der Waals surface area contributed by atoms with E-state index in [0.29, 0.717) is 19.1 Å². The molecule has 0 fully saturated rings. The van der Waals surface area contributed by atoms with Crippen molar-refractivity contribution in [2.24, 2.45) is 0 Å². The van der Waals surface area contributed by atoms with Crippen LogP contribution in [0.2, 0.25) is 0 Å². The first kappa shape index (κ1) is 12.9. The topological polar surface area (TPSA) is 56.3 Å². The van der Waals surface area contributed by atoms with Crippen LogP contribution >= 0.6 is 0 Å². The lowest BCUT2D eigenvalue weighted by atomic mass is 10.2. The second-order valence-corrected chi connectivity index (χ2v) is 3.22. The second kappa shape index (κ2) is 7.14. The average molecular weight is 225 g/mol. The normalized spacial score (nSPS) is 12.4. The number of methoxy groups -OCH3 is 1. The predicted molar refractivity (Wildman–Crippen MR) is 61.5 cm³/mol. The van der Waals surface area contributed by atoms with Crippen LogP contribution in [0.3, 0.4) is 0 Å². The molecule has 0 spiro atoms. The lowest BCUT2D eigenvalue weighted by Gasteiger charge is -2.18. The molecule has 0 radical (unpaired) electrons. The maximum absolute atomic E-state index is 5.42. The summed E-state index contributed by atoms with van der Waals surface area (Å²) >= 11 is 0. The van der Waals surface area contributed by atoms with Crippen molar-refractivity contribution in [3.8, 4) is 5.88 Å². The Morgan fingerprint density at radius 1 is 1.31 bits per heavy atom. The average Bonchev–Trinajstić information content (AvgIpc) is 2.34. The van der Waals surface area contributed by atoms with Crippen molar-refractivity contribution in [3.63, 3.8) is 0 Å². The largest absolute Gasteiger partial charge is 0.480 e. The van der Waals surface area contributed by atoms with Crippen LogP contribution < -0.4 is 10.1 Å². The summed E-state index contributed by atoms with van der Waals surface area (Å²) in [4.78, 5) is 8.42. The fourth-order valence-corrected chi connectivity index (χ4v) is 1.45. The summed E-state index contributed by atoms with van der Waals surface area (Å²) in [5.41, 5.74) is 0.792. The number of hydrogen-bond donors (Lipinski definition) is 1. The number of nitrogens with zero attached hydrogens (tertiary/aromatic N) is 2. The highest BCUT2D eigenvalue weighted by molar-refractivity contribution is 5.21. The highest BCUT2D eigenvalue weighted by Gasteiger charge is 2.17. The summed E-state index contributed by atoms with van der Waals surface area (Å²) in [6.07, 6.45) is 3.28. The van der Waals surface area contributed by atoms with Crippen LogP contribution in [0.15, 0.2) is 12.4 Å². The smallest absolute Gasteiger partial charge is 0.237 e. The SMILES string of the molecule is CCNC(COCC)c1nccnc1OC. The van der Waals surface area contributed by atoms with Gasteiger partial charge in [-0.25, -0.2) is 4.98 Å². The van der Waals surface area contributed by atoms with E-state index in [2.05, 4.69) is 15.3 Å². The Morgan fingerprint density at radius 2 is 2.06 bits per heavy atom. The van der Waals surface area contributed by atoms with Gasteiger partial charge in [-0.1, -0.05) is 6.92 Å². The molecule has 1 unspecified atom stereocenters. The van der Waals surface area contributed by atoms with Crippen molar-refractivity contribution in [2.45, 2.75) is 19.9 Å². The van der Waals surface area contributed by atoms with Gasteiger partial charge in [-0.2, -0.15) is 0 Å². The molecule has 1 rings (SSSR count). The molecule has 1 heterocycles. The summed E-state index contributed by atoms with van der Waals surface area (Å²) in [5.74, 6) is 0.549. The van der Waals surface area contributed by atoms with Crippen molar-refractivity contribution in [2.75, 3.05) is 26.9 Å². The van der Waals surface area contributed by atoms with Crippen molar-refractivity contribution < 1.29 is 9.47 Å². The van der Waals surface area contributed by atoms with Gasteiger partial charge < -0.3 is 14.8 Å². The first-order chi connectivity index (χ1) is 7.83. The van der Waals surface area contributed by atoms with E-state index in [1.165, 1.54) is 0 Å². The van der Waals surface area contributed by atoms with Crippen LogP contribution in [0, 0.1) is 0 Å². The van der Waals surface area contributed by atoms with Gasteiger partial charge in [0.2, 0.25) is 5.88 Å². The molecular formula is C11H19N3O2. The van der Waals surface area contributed by atoms with Gasteiger partial charge >= 0.3 is 0 Å². The molecule has 1 N–H and O–H groups in total. The van der Waals surface area contributed by atoms with Crippen molar-refractivity contribution >= 4 is 0 Å². The van der Waals surface area contributed by atoms with Gasteiger partial charge in [-0.3, -0.25) is 4.98 Å². The number of rotatable bonds is 7. The first-order valence-corrected chi connectivity index (χ1v) is 5.49. The molecule has 0 saturated carbocycles. The first-order valence-electron chi connectivity index (χ1n) is 5.49. The van der Waals surface area contributed by atoms with E-state index in [1.807, 2.05) is 13.8 Å². The molecule has 0 saturated heterocycles. The molecule has 1 aromatic heterocycles. The Labute approximate surface area is 96.2 Å². The minimum absolute atomic E-state index is 0.0219. The molecule has 0 aromatic carbocycles. The molecule has 0 bridgehead atoms. The minimum atomic E-state index is 0.0219. The fourth-order valence-electron chi connectivity index (χ4n) is 1.45. The van der Waals surface area contributed by atoms with Gasteiger partial charge in [-0.15, -0.1) is 0 Å². The van der Waals surface area contributed by atoms with Crippen LogP contribution in [0.5, 0.6) is 5.88 Å². The van der Waals surface area contributed by atoms with E-state index in [4.69, 9.17) is 9.47 Å².